The molecule has 0 aliphatic carbocycles. The lowest BCUT2D eigenvalue weighted by atomic mass is 10.1. The molecule has 0 amide bonds. The van der Waals surface area contributed by atoms with Gasteiger partial charge in [-0.05, 0) is 49.2 Å². The van der Waals surface area contributed by atoms with E-state index in [9.17, 15) is 5.11 Å². The van der Waals surface area contributed by atoms with Crippen molar-refractivity contribution in [3.8, 4) is 5.75 Å². The number of rotatable bonds is 5. The van der Waals surface area contributed by atoms with Crippen LogP contribution >= 0.6 is 15.9 Å². The Labute approximate surface area is 139 Å². The van der Waals surface area contributed by atoms with Crippen molar-refractivity contribution in [3.05, 3.63) is 58.6 Å². The predicted molar refractivity (Wildman–Crippen MR) is 92.6 cm³/mol. The summed E-state index contributed by atoms with van der Waals surface area (Å²) in [4.78, 5) is 2.27. The summed E-state index contributed by atoms with van der Waals surface area (Å²) in [5.41, 5.74) is 2.59. The molecule has 2 atom stereocenters. The summed E-state index contributed by atoms with van der Waals surface area (Å²) in [7, 11) is 0. The average molecular weight is 362 g/mol. The second kappa shape index (κ2) is 6.71. The first-order valence-corrected chi connectivity index (χ1v) is 8.34. The number of halogens is 1. The molecule has 1 heterocycles. The summed E-state index contributed by atoms with van der Waals surface area (Å²) in [6, 6.07) is 16.5. The Kier molecular flexibility index (Phi) is 4.69. The molecule has 1 aliphatic rings. The third-order valence-corrected chi connectivity index (χ3v) is 4.54. The molecule has 2 aromatic rings. The molecule has 116 valence electrons. The topological polar surface area (TPSA) is 32.7 Å². The third kappa shape index (κ3) is 3.45. The van der Waals surface area contributed by atoms with Crippen LogP contribution in [0.4, 0.5) is 5.69 Å². The first-order chi connectivity index (χ1) is 10.6. The fourth-order valence-electron chi connectivity index (χ4n) is 2.91. The molecule has 2 unspecified atom stereocenters. The molecule has 0 bridgehead atoms. The van der Waals surface area contributed by atoms with Gasteiger partial charge in [0.25, 0.3) is 0 Å². The van der Waals surface area contributed by atoms with Gasteiger partial charge in [-0.3, -0.25) is 0 Å². The highest BCUT2D eigenvalue weighted by molar-refractivity contribution is 9.10. The number of para-hydroxylation sites is 1. The van der Waals surface area contributed by atoms with Crippen LogP contribution in [0.25, 0.3) is 0 Å². The van der Waals surface area contributed by atoms with Crippen LogP contribution in [0, 0.1) is 0 Å². The van der Waals surface area contributed by atoms with Gasteiger partial charge in [0.1, 0.15) is 18.5 Å². The van der Waals surface area contributed by atoms with Crippen molar-refractivity contribution in [3.63, 3.8) is 0 Å². The number of benzene rings is 2. The van der Waals surface area contributed by atoms with E-state index in [1.165, 1.54) is 11.3 Å². The van der Waals surface area contributed by atoms with Crippen LogP contribution < -0.4 is 9.64 Å². The number of hydrogen-bond acceptors (Lipinski definition) is 3. The lowest BCUT2D eigenvalue weighted by Gasteiger charge is -2.27. The van der Waals surface area contributed by atoms with Gasteiger partial charge in [-0.15, -0.1) is 0 Å². The van der Waals surface area contributed by atoms with E-state index in [0.29, 0.717) is 19.2 Å². The van der Waals surface area contributed by atoms with Gasteiger partial charge in [-0.25, -0.2) is 0 Å². The maximum absolute atomic E-state index is 10.3. The molecule has 3 rings (SSSR count). The van der Waals surface area contributed by atoms with Crippen LogP contribution in [0.5, 0.6) is 5.75 Å². The van der Waals surface area contributed by atoms with Gasteiger partial charge in [-0.2, -0.15) is 0 Å². The molecule has 0 radical (unpaired) electrons. The maximum Gasteiger partial charge on any atom is 0.119 e. The number of fused-ring (bicyclic) bond motifs is 1. The van der Waals surface area contributed by atoms with Crippen LogP contribution in [0.2, 0.25) is 0 Å². The summed E-state index contributed by atoms with van der Waals surface area (Å²) >= 11 is 3.39. The van der Waals surface area contributed by atoms with Crippen molar-refractivity contribution in [2.75, 3.05) is 18.1 Å². The molecule has 0 spiro atoms. The highest BCUT2D eigenvalue weighted by atomic mass is 79.9. The van der Waals surface area contributed by atoms with E-state index in [2.05, 4.69) is 52.0 Å². The van der Waals surface area contributed by atoms with E-state index in [0.717, 1.165) is 16.6 Å². The first kappa shape index (κ1) is 15.4. The van der Waals surface area contributed by atoms with Gasteiger partial charge in [-0.1, -0.05) is 34.1 Å². The van der Waals surface area contributed by atoms with Gasteiger partial charge in [0.2, 0.25) is 0 Å². The second-order valence-electron chi connectivity index (χ2n) is 5.75. The predicted octanol–water partition coefficient (Wildman–Crippen LogP) is 3.64. The van der Waals surface area contributed by atoms with Gasteiger partial charge in [0, 0.05) is 22.7 Å². The summed E-state index contributed by atoms with van der Waals surface area (Å²) < 4.78 is 6.68. The molecule has 22 heavy (non-hydrogen) atoms. The minimum Gasteiger partial charge on any atom is -0.491 e. The Balaban J connectivity index is 1.58. The second-order valence-corrected chi connectivity index (χ2v) is 6.67. The van der Waals surface area contributed by atoms with E-state index in [1.807, 2.05) is 24.3 Å². The Bertz CT molecular complexity index is 629. The zero-order valence-electron chi connectivity index (χ0n) is 12.6. The minimum atomic E-state index is -0.516. The molecular formula is C18H20BrNO2. The number of aliphatic hydroxyl groups excluding tert-OH is 1. The van der Waals surface area contributed by atoms with Crippen LogP contribution in [0.3, 0.4) is 0 Å². The fourth-order valence-corrected chi connectivity index (χ4v) is 3.18. The number of β-amino-alcohol motifs (C(OH)–C–C–N with tert-alkyl or cyclic N) is 1. The summed E-state index contributed by atoms with van der Waals surface area (Å²) in [5.74, 6) is 0.775. The van der Waals surface area contributed by atoms with Crippen molar-refractivity contribution in [1.29, 1.82) is 0 Å². The van der Waals surface area contributed by atoms with Gasteiger partial charge < -0.3 is 14.7 Å². The number of hydrogen-bond donors (Lipinski definition) is 1. The Hall–Kier alpha value is -1.52. The van der Waals surface area contributed by atoms with E-state index < -0.39 is 6.10 Å². The SMILES string of the molecule is CC1Cc2ccccc2N1CC(O)COc1ccc(Br)cc1. The highest BCUT2D eigenvalue weighted by Gasteiger charge is 2.27. The molecule has 2 aromatic carbocycles. The van der Waals surface area contributed by atoms with E-state index in [4.69, 9.17) is 4.74 Å². The van der Waals surface area contributed by atoms with E-state index in [1.54, 1.807) is 0 Å². The average Bonchev–Trinajstić information content (AvgIpc) is 2.83. The lowest BCUT2D eigenvalue weighted by molar-refractivity contribution is 0.111. The summed E-state index contributed by atoms with van der Waals surface area (Å²) in [6.45, 7) is 3.09. The molecule has 0 saturated carbocycles. The molecule has 0 saturated heterocycles. The number of aliphatic hydroxyl groups is 1. The van der Waals surface area contributed by atoms with Crippen molar-refractivity contribution in [2.45, 2.75) is 25.5 Å². The third-order valence-electron chi connectivity index (χ3n) is 4.01. The monoisotopic (exact) mass is 361 g/mol. The van der Waals surface area contributed by atoms with Gasteiger partial charge >= 0.3 is 0 Å². The Morgan fingerprint density at radius 3 is 2.73 bits per heavy atom. The van der Waals surface area contributed by atoms with Gasteiger partial charge in [0.05, 0.1) is 0 Å². The summed E-state index contributed by atoms with van der Waals surface area (Å²) in [6.07, 6.45) is 0.522. The van der Waals surface area contributed by atoms with Crippen molar-refractivity contribution < 1.29 is 9.84 Å². The maximum atomic E-state index is 10.3. The molecule has 4 heteroatoms. The standard InChI is InChI=1S/C18H20BrNO2/c1-13-10-14-4-2-3-5-18(14)20(13)11-16(21)12-22-17-8-6-15(19)7-9-17/h2-9,13,16,21H,10-12H2,1H3. The quantitative estimate of drug-likeness (QED) is 0.882. The van der Waals surface area contributed by atoms with Gasteiger partial charge in [0.15, 0.2) is 0 Å². The largest absolute Gasteiger partial charge is 0.491 e. The van der Waals surface area contributed by atoms with Crippen LogP contribution in [-0.4, -0.2) is 30.4 Å². The summed E-state index contributed by atoms with van der Waals surface area (Å²) in [5, 5.41) is 10.3. The minimum absolute atomic E-state index is 0.299. The molecule has 1 N–H and O–H groups in total. The van der Waals surface area contributed by atoms with Crippen molar-refractivity contribution in [1.82, 2.24) is 0 Å². The highest BCUT2D eigenvalue weighted by Crippen LogP contribution is 2.31. The van der Waals surface area contributed by atoms with Crippen molar-refractivity contribution in [2.24, 2.45) is 0 Å². The smallest absolute Gasteiger partial charge is 0.119 e. The molecular weight excluding hydrogens is 342 g/mol. The fraction of sp³-hybridized carbons (Fsp3) is 0.333. The van der Waals surface area contributed by atoms with Crippen molar-refractivity contribution >= 4 is 21.6 Å². The Morgan fingerprint density at radius 1 is 1.23 bits per heavy atom. The van der Waals surface area contributed by atoms with E-state index in [-0.39, 0.29) is 0 Å². The number of anilines is 1. The molecule has 1 aliphatic heterocycles. The number of nitrogens with zero attached hydrogens (tertiary/aromatic N) is 1. The van der Waals surface area contributed by atoms with Crippen LogP contribution in [0.15, 0.2) is 53.0 Å². The van der Waals surface area contributed by atoms with Crippen LogP contribution in [-0.2, 0) is 6.42 Å². The molecule has 0 fully saturated rings. The molecule has 0 aromatic heterocycles. The Morgan fingerprint density at radius 2 is 1.95 bits per heavy atom. The lowest BCUT2D eigenvalue weighted by Crippen LogP contribution is -2.39. The number of ether oxygens (including phenoxy) is 1. The zero-order chi connectivity index (χ0) is 15.5. The van der Waals surface area contributed by atoms with Crippen LogP contribution in [0.1, 0.15) is 12.5 Å². The first-order valence-electron chi connectivity index (χ1n) is 7.54. The zero-order valence-corrected chi connectivity index (χ0v) is 14.2. The molecule has 3 nitrogen and oxygen atoms in total. The normalized spacial score (nSPS) is 18.1. The van der Waals surface area contributed by atoms with E-state index >= 15 is 0 Å².